The molecule has 1 aliphatic rings. The van der Waals surface area contributed by atoms with Crippen molar-refractivity contribution in [2.24, 2.45) is 7.05 Å². The molecule has 0 spiro atoms. The Kier molecular flexibility index (Phi) is 9.75. The maximum atomic E-state index is 5.01. The summed E-state index contributed by atoms with van der Waals surface area (Å²) in [5.41, 5.74) is 10.9. The van der Waals surface area contributed by atoms with E-state index in [2.05, 4.69) is 163 Å². The third-order valence-corrected chi connectivity index (χ3v) is 7.15. The van der Waals surface area contributed by atoms with E-state index >= 15 is 0 Å². The molecule has 0 fully saturated rings. The van der Waals surface area contributed by atoms with E-state index in [1.54, 1.807) is 0 Å². The first-order chi connectivity index (χ1) is 20.0. The van der Waals surface area contributed by atoms with Gasteiger partial charge in [0.15, 0.2) is 0 Å². The molecule has 2 nitrogen and oxygen atoms in total. The van der Waals surface area contributed by atoms with Crippen molar-refractivity contribution in [1.29, 1.82) is 0 Å². The van der Waals surface area contributed by atoms with Gasteiger partial charge in [-0.05, 0) is 40.5 Å². The van der Waals surface area contributed by atoms with Crippen molar-refractivity contribution >= 4 is 56.9 Å². The quantitative estimate of drug-likeness (QED) is 0.135. The molecule has 0 amide bonds. The molecule has 6 heteroatoms. The molecule has 41 heavy (non-hydrogen) atoms. The number of fused-ring (bicyclic) bond motifs is 1. The van der Waals surface area contributed by atoms with Gasteiger partial charge in [0.25, 0.3) is 0 Å². The second kappa shape index (κ2) is 13.6. The van der Waals surface area contributed by atoms with Crippen LogP contribution in [0, 0.1) is 0 Å². The molecule has 0 bridgehead atoms. The van der Waals surface area contributed by atoms with Crippen LogP contribution in [-0.4, -0.2) is 21.9 Å². The Bertz CT molecular complexity index is 1750. The van der Waals surface area contributed by atoms with Crippen LogP contribution in [-0.2, 0) is 20.0 Å². The number of rotatable bonds is 4. The Morgan fingerprint density at radius 1 is 0.659 bits per heavy atom. The average Bonchev–Trinajstić information content (AvgIpc) is 3.30. The molecule has 1 heterocycles. The van der Waals surface area contributed by atoms with E-state index in [9.17, 15) is 0 Å². The Morgan fingerprint density at radius 3 is 1.78 bits per heavy atom. The van der Waals surface area contributed by atoms with Gasteiger partial charge in [0, 0.05) is 47.8 Å². The number of benzene rings is 4. The predicted octanol–water partition coefficient (Wildman–Crippen LogP) is 10.3. The van der Waals surface area contributed by atoms with Gasteiger partial charge in [0.2, 0.25) is 11.4 Å². The Balaban J connectivity index is 0.000000794. The minimum absolute atomic E-state index is 1.16. The third kappa shape index (κ3) is 6.66. The van der Waals surface area contributed by atoms with Crippen molar-refractivity contribution in [3.8, 4) is 11.3 Å². The predicted molar refractivity (Wildman–Crippen MR) is 174 cm³/mol. The summed E-state index contributed by atoms with van der Waals surface area (Å²) in [6.07, 6.45) is 8.96. The van der Waals surface area contributed by atoms with Crippen LogP contribution in [0.25, 0.3) is 27.7 Å². The first kappa shape index (κ1) is 29.3. The zero-order valence-corrected chi connectivity index (χ0v) is 28.2. The third-order valence-electron chi connectivity index (χ3n) is 7.15. The summed E-state index contributed by atoms with van der Waals surface area (Å²) in [5, 5.41) is 1.26. The zero-order chi connectivity index (χ0) is 28.8. The fourth-order valence-electron chi connectivity index (χ4n) is 5.29. The Morgan fingerprint density at radius 2 is 1.17 bits per heavy atom. The van der Waals surface area contributed by atoms with Gasteiger partial charge in [-0.2, -0.15) is 4.58 Å². The number of nitrogens with zero attached hydrogens (tertiary/aromatic N) is 2. The zero-order valence-electron chi connectivity index (χ0n) is 23.0. The molecule has 1 aliphatic carbocycles. The molecule has 4 aromatic carbocycles. The Hall–Kier alpha value is -3.20. The number of allylic oxidation sites excluding steroid dienone is 5. The van der Waals surface area contributed by atoms with Crippen LogP contribution in [0.15, 0.2) is 145 Å². The van der Waals surface area contributed by atoms with Crippen LogP contribution >= 0.6 is 29.1 Å². The summed E-state index contributed by atoms with van der Waals surface area (Å²) in [4.78, 5) is 0. The van der Waals surface area contributed by atoms with Gasteiger partial charge in [-0.3, -0.25) is 0 Å². The Labute approximate surface area is 259 Å². The summed E-state index contributed by atoms with van der Waals surface area (Å²) < 4.78 is 4.56. The monoisotopic (exact) mass is 646 g/mol. The van der Waals surface area contributed by atoms with Crippen molar-refractivity contribution < 1.29 is 17.6 Å². The van der Waals surface area contributed by atoms with E-state index in [0.29, 0.717) is 0 Å². The first-order valence-electron chi connectivity index (χ1n) is 13.5. The molecule has 202 valence electrons. The summed E-state index contributed by atoms with van der Waals surface area (Å²) >= 11 is -2.21. The van der Waals surface area contributed by atoms with Gasteiger partial charge >= 0.3 is 42.1 Å². The van der Waals surface area contributed by atoms with E-state index < -0.39 is 13.0 Å². The molecule has 5 aromatic rings. The van der Waals surface area contributed by atoms with Crippen molar-refractivity contribution in [3.63, 3.8) is 0 Å². The summed E-state index contributed by atoms with van der Waals surface area (Å²) in [5.74, 6) is 0. The number of hydrogen-bond acceptors (Lipinski definition) is 0. The molecule has 6 rings (SSSR count). The maximum absolute atomic E-state index is 5.01. The van der Waals surface area contributed by atoms with Crippen LogP contribution in [0.3, 0.4) is 0 Å². The molecule has 0 aliphatic heterocycles. The van der Waals surface area contributed by atoms with E-state index in [4.69, 9.17) is 29.1 Å². The SMILES string of the molecule is Cn1c(-c2ccccc2)c(C(=C2C=CC(=[N+](C)c3ccccc3)C=C2)c2ccccc2)c2ccccc21.[Cl][Zn-]([Cl])[Cl]. The van der Waals surface area contributed by atoms with Crippen LogP contribution in [0.2, 0.25) is 0 Å². The van der Waals surface area contributed by atoms with Gasteiger partial charge in [-0.25, -0.2) is 0 Å². The number of para-hydroxylation sites is 2. The van der Waals surface area contributed by atoms with Gasteiger partial charge in [0.05, 0.1) is 5.69 Å². The van der Waals surface area contributed by atoms with Crippen molar-refractivity contribution in [2.75, 3.05) is 7.05 Å². The van der Waals surface area contributed by atoms with Crippen LogP contribution < -0.4 is 0 Å². The second-order valence-electron chi connectivity index (χ2n) is 9.65. The summed E-state index contributed by atoms with van der Waals surface area (Å²) in [6, 6.07) is 40.7. The minimum atomic E-state index is -2.21. The normalized spacial score (nSPS) is 12.2. The van der Waals surface area contributed by atoms with Crippen molar-refractivity contribution in [2.45, 2.75) is 0 Å². The molecule has 1 aromatic heterocycles. The molecular weight excluding hydrogens is 620 g/mol. The van der Waals surface area contributed by atoms with E-state index in [1.807, 2.05) is 0 Å². The fourth-order valence-corrected chi connectivity index (χ4v) is 5.29. The van der Waals surface area contributed by atoms with Crippen molar-refractivity contribution in [3.05, 3.63) is 156 Å². The van der Waals surface area contributed by atoms with E-state index in [0.717, 1.165) is 5.71 Å². The fraction of sp³-hybridized carbons (Fsp3) is 0.0571. The van der Waals surface area contributed by atoms with Crippen LogP contribution in [0.4, 0.5) is 5.69 Å². The van der Waals surface area contributed by atoms with Crippen LogP contribution in [0.1, 0.15) is 11.1 Å². The standard InChI is InChI=1S/C35H29N2.3ClH.Zn/c1-36(29-18-10-5-11-19-29)30-24-22-27(23-25-30)33(26-14-6-3-7-15-26)34-31-20-12-13-21-32(31)37(2)35(34)28-16-8-4-9-17-28;;;;/h3-25H,1-2H3;3*1H;/q+1;;;;+2/p-3. The first-order valence-corrected chi connectivity index (χ1v) is 25.2. The van der Waals surface area contributed by atoms with Gasteiger partial charge < -0.3 is 4.57 Å². The number of aromatic nitrogens is 1. The number of halogens is 3. The van der Waals surface area contributed by atoms with Crippen molar-refractivity contribution in [1.82, 2.24) is 4.57 Å². The summed E-state index contributed by atoms with van der Waals surface area (Å²) in [7, 11) is 19.3. The molecule has 0 radical (unpaired) electrons. The van der Waals surface area contributed by atoms with Crippen LogP contribution in [0.5, 0.6) is 0 Å². The molecule has 0 N–H and O–H groups in total. The molecule has 0 atom stereocenters. The van der Waals surface area contributed by atoms with Gasteiger partial charge in [-0.1, -0.05) is 97.1 Å². The second-order valence-corrected chi connectivity index (χ2v) is 23.5. The molecule has 0 saturated carbocycles. The number of aryl methyl sites for hydroxylation is 1. The average molecular weight is 649 g/mol. The van der Waals surface area contributed by atoms with E-state index in [-0.39, 0.29) is 0 Å². The molecule has 0 unspecified atom stereocenters. The molecule has 0 saturated heterocycles. The van der Waals surface area contributed by atoms with Gasteiger partial charge in [-0.15, -0.1) is 0 Å². The number of hydrogen-bond donors (Lipinski definition) is 0. The summed E-state index contributed by atoms with van der Waals surface area (Å²) in [6.45, 7) is 0. The topological polar surface area (TPSA) is 7.94 Å². The van der Waals surface area contributed by atoms with Gasteiger partial charge in [0.1, 0.15) is 7.05 Å². The molecular formula is C35H29Cl3N2Zn. The van der Waals surface area contributed by atoms with E-state index in [1.165, 1.54) is 50.1 Å².